The van der Waals surface area contributed by atoms with E-state index in [0.29, 0.717) is 16.2 Å². The lowest BCUT2D eigenvalue weighted by atomic mass is 10.2. The second-order valence-corrected chi connectivity index (χ2v) is 6.49. The average molecular weight is 356 g/mol. The number of hydrogen-bond donors (Lipinski definition) is 0. The molecular weight excluding hydrogens is 346 g/mol. The van der Waals surface area contributed by atoms with E-state index in [2.05, 4.69) is 15.9 Å². The number of ether oxygens (including phenoxy) is 1. The first-order valence-corrected chi connectivity index (χ1v) is 7.24. The summed E-state index contributed by atoms with van der Waals surface area (Å²) >= 11 is 4.63. The van der Waals surface area contributed by atoms with E-state index in [4.69, 9.17) is 4.74 Å². The summed E-state index contributed by atoms with van der Waals surface area (Å²) in [5, 5.41) is 10.6. The van der Waals surface area contributed by atoms with Gasteiger partial charge < -0.3 is 4.74 Å². The number of non-ortho nitro benzene ring substituents is 1. The molecular formula is C13H10BrNO4S. The quantitative estimate of drug-likeness (QED) is 0.461. The van der Waals surface area contributed by atoms with Gasteiger partial charge in [-0.3, -0.25) is 14.9 Å². The third-order valence-electron chi connectivity index (χ3n) is 2.58. The maximum Gasteiger partial charge on any atom is 0.269 e. The van der Waals surface area contributed by atoms with Gasteiger partial charge in [-0.05, 0) is 46.6 Å². The van der Waals surface area contributed by atoms with Gasteiger partial charge in [0.05, 0.1) is 13.6 Å². The van der Waals surface area contributed by atoms with Crippen LogP contribution in [-0.4, -0.2) is 17.3 Å². The van der Waals surface area contributed by atoms with Crippen molar-refractivity contribution < 1.29 is 14.5 Å². The smallest absolute Gasteiger partial charge is 0.269 e. The number of nitrogens with zero attached hydrogens (tertiary/aromatic N) is 1. The van der Waals surface area contributed by atoms with E-state index in [9.17, 15) is 14.9 Å². The SMILES string of the molecule is Cc1cc([N+](=O)[O-])ccc1OCC(=O)c1ccc(Br)s1. The summed E-state index contributed by atoms with van der Waals surface area (Å²) in [5.74, 6) is 0.345. The topological polar surface area (TPSA) is 69.4 Å². The highest BCUT2D eigenvalue weighted by molar-refractivity contribution is 9.11. The second-order valence-electron chi connectivity index (χ2n) is 4.02. The van der Waals surface area contributed by atoms with E-state index >= 15 is 0 Å². The summed E-state index contributed by atoms with van der Waals surface area (Å²) in [5.41, 5.74) is 0.628. The van der Waals surface area contributed by atoms with Gasteiger partial charge in [0.2, 0.25) is 5.78 Å². The number of rotatable bonds is 5. The molecule has 20 heavy (non-hydrogen) atoms. The molecule has 0 radical (unpaired) electrons. The van der Waals surface area contributed by atoms with Crippen molar-refractivity contribution >= 4 is 38.7 Å². The molecule has 0 fully saturated rings. The Morgan fingerprint density at radius 1 is 1.40 bits per heavy atom. The molecule has 1 aromatic heterocycles. The van der Waals surface area contributed by atoms with Crippen LogP contribution in [0.5, 0.6) is 5.75 Å². The number of nitro benzene ring substituents is 1. The number of thiophene rings is 1. The normalized spacial score (nSPS) is 10.3. The second kappa shape index (κ2) is 6.15. The lowest BCUT2D eigenvalue weighted by Gasteiger charge is -2.07. The van der Waals surface area contributed by atoms with E-state index in [1.165, 1.54) is 29.5 Å². The van der Waals surface area contributed by atoms with Crippen LogP contribution in [0.1, 0.15) is 15.2 Å². The molecule has 0 aliphatic rings. The first kappa shape index (κ1) is 14.7. The summed E-state index contributed by atoms with van der Waals surface area (Å²) in [6.45, 7) is 1.61. The Labute approximate surface area is 127 Å². The van der Waals surface area contributed by atoms with Crippen molar-refractivity contribution in [2.24, 2.45) is 0 Å². The average Bonchev–Trinajstić information content (AvgIpc) is 2.83. The maximum atomic E-state index is 11.9. The molecule has 0 atom stereocenters. The van der Waals surface area contributed by atoms with Crippen molar-refractivity contribution in [3.05, 3.63) is 54.7 Å². The summed E-state index contributed by atoms with van der Waals surface area (Å²) in [7, 11) is 0. The largest absolute Gasteiger partial charge is 0.485 e. The molecule has 0 saturated carbocycles. The van der Waals surface area contributed by atoms with Gasteiger partial charge in [0.25, 0.3) is 5.69 Å². The van der Waals surface area contributed by atoms with Crippen molar-refractivity contribution in [2.75, 3.05) is 6.61 Å². The van der Waals surface area contributed by atoms with Gasteiger partial charge in [-0.15, -0.1) is 11.3 Å². The highest BCUT2D eigenvalue weighted by atomic mass is 79.9. The zero-order valence-corrected chi connectivity index (χ0v) is 12.9. The highest BCUT2D eigenvalue weighted by Gasteiger charge is 2.12. The van der Waals surface area contributed by atoms with Crippen LogP contribution in [-0.2, 0) is 0 Å². The molecule has 7 heteroatoms. The standard InChI is InChI=1S/C13H10BrNO4S/c1-8-6-9(15(17)18)2-3-11(8)19-7-10(16)12-4-5-13(14)20-12/h2-6H,7H2,1H3. The summed E-state index contributed by atoms with van der Waals surface area (Å²) in [6.07, 6.45) is 0. The fourth-order valence-electron chi connectivity index (χ4n) is 1.59. The van der Waals surface area contributed by atoms with Crippen LogP contribution >= 0.6 is 27.3 Å². The third kappa shape index (κ3) is 3.43. The van der Waals surface area contributed by atoms with Crippen LogP contribution in [0.3, 0.4) is 0 Å². The number of aryl methyl sites for hydroxylation is 1. The van der Waals surface area contributed by atoms with Gasteiger partial charge in [-0.2, -0.15) is 0 Å². The Bertz CT molecular complexity index is 668. The number of carbonyl (C=O) groups is 1. The van der Waals surface area contributed by atoms with Gasteiger partial charge in [0.15, 0.2) is 6.61 Å². The van der Waals surface area contributed by atoms with Crippen molar-refractivity contribution in [1.82, 2.24) is 0 Å². The van der Waals surface area contributed by atoms with E-state index in [-0.39, 0.29) is 18.1 Å². The van der Waals surface area contributed by atoms with Gasteiger partial charge in [-0.25, -0.2) is 0 Å². The van der Waals surface area contributed by atoms with Gasteiger partial charge >= 0.3 is 0 Å². The van der Waals surface area contributed by atoms with Crippen LogP contribution in [0.2, 0.25) is 0 Å². The van der Waals surface area contributed by atoms with Gasteiger partial charge in [0.1, 0.15) is 5.75 Å². The molecule has 2 rings (SSSR count). The number of benzene rings is 1. The van der Waals surface area contributed by atoms with Crippen LogP contribution < -0.4 is 4.74 Å². The monoisotopic (exact) mass is 355 g/mol. The molecule has 104 valence electrons. The minimum atomic E-state index is -0.467. The number of hydrogen-bond acceptors (Lipinski definition) is 5. The van der Waals surface area contributed by atoms with E-state index in [0.717, 1.165) is 3.79 Å². The molecule has 0 bridgehead atoms. The lowest BCUT2D eigenvalue weighted by molar-refractivity contribution is -0.384. The van der Waals surface area contributed by atoms with Crippen molar-refractivity contribution in [3.63, 3.8) is 0 Å². The molecule has 0 N–H and O–H groups in total. The molecule has 1 heterocycles. The minimum absolute atomic E-state index is 0.00311. The predicted octanol–water partition coefficient (Wildman–Crippen LogP) is 3.99. The zero-order valence-electron chi connectivity index (χ0n) is 10.5. The molecule has 0 aliphatic carbocycles. The predicted molar refractivity (Wildman–Crippen MR) is 79.7 cm³/mol. The highest BCUT2D eigenvalue weighted by Crippen LogP contribution is 2.25. The van der Waals surface area contributed by atoms with Gasteiger partial charge in [-0.1, -0.05) is 0 Å². The number of ketones is 1. The van der Waals surface area contributed by atoms with Crippen molar-refractivity contribution in [1.29, 1.82) is 0 Å². The van der Waals surface area contributed by atoms with E-state index in [1.54, 1.807) is 19.1 Å². The van der Waals surface area contributed by atoms with Crippen LogP contribution in [0.25, 0.3) is 0 Å². The third-order valence-corrected chi connectivity index (χ3v) is 4.24. The zero-order chi connectivity index (χ0) is 14.7. The Balaban J connectivity index is 2.04. The Morgan fingerprint density at radius 3 is 2.70 bits per heavy atom. The Morgan fingerprint density at radius 2 is 2.15 bits per heavy atom. The summed E-state index contributed by atoms with van der Waals surface area (Å²) < 4.78 is 6.30. The van der Waals surface area contributed by atoms with Gasteiger partial charge in [0, 0.05) is 12.1 Å². The fraction of sp³-hybridized carbons (Fsp3) is 0.154. The van der Waals surface area contributed by atoms with Crippen molar-refractivity contribution in [2.45, 2.75) is 6.92 Å². The molecule has 2 aromatic rings. The molecule has 1 aromatic carbocycles. The number of halogens is 1. The first-order valence-electron chi connectivity index (χ1n) is 5.64. The summed E-state index contributed by atoms with van der Waals surface area (Å²) in [6, 6.07) is 7.80. The number of carbonyl (C=O) groups excluding carboxylic acids is 1. The Kier molecular flexibility index (Phi) is 4.51. The maximum absolute atomic E-state index is 11.9. The molecule has 0 spiro atoms. The fourth-order valence-corrected chi connectivity index (χ4v) is 2.90. The molecule has 0 unspecified atom stereocenters. The van der Waals surface area contributed by atoms with E-state index < -0.39 is 4.92 Å². The molecule has 0 saturated heterocycles. The summed E-state index contributed by atoms with van der Waals surface area (Å²) in [4.78, 5) is 22.6. The van der Waals surface area contributed by atoms with Crippen LogP contribution in [0.15, 0.2) is 34.1 Å². The number of Topliss-reactive ketones (excluding diaryl/α,β-unsaturated/α-hetero) is 1. The molecule has 0 aliphatic heterocycles. The van der Waals surface area contributed by atoms with Crippen LogP contribution in [0, 0.1) is 17.0 Å². The lowest BCUT2D eigenvalue weighted by Crippen LogP contribution is -2.10. The molecule has 5 nitrogen and oxygen atoms in total. The number of nitro groups is 1. The Hall–Kier alpha value is -1.73. The molecule has 0 amide bonds. The first-order chi connectivity index (χ1) is 9.47. The van der Waals surface area contributed by atoms with Crippen molar-refractivity contribution in [3.8, 4) is 5.75 Å². The van der Waals surface area contributed by atoms with Crippen LogP contribution in [0.4, 0.5) is 5.69 Å². The van der Waals surface area contributed by atoms with E-state index in [1.807, 2.05) is 0 Å². The minimum Gasteiger partial charge on any atom is -0.485 e.